The minimum atomic E-state index is 0.0420. The lowest BCUT2D eigenvalue weighted by Gasteiger charge is -2.14. The van der Waals surface area contributed by atoms with Crippen LogP contribution in [0.3, 0.4) is 0 Å². The van der Waals surface area contributed by atoms with Crippen molar-refractivity contribution in [1.29, 1.82) is 0 Å². The highest BCUT2D eigenvalue weighted by Gasteiger charge is 2.14. The van der Waals surface area contributed by atoms with Gasteiger partial charge in [-0.1, -0.05) is 65.8 Å². The number of carbonyl (C=O) groups excluding carboxylic acids is 1. The molecule has 128 valence electrons. The number of benzene rings is 2. The molecule has 1 heterocycles. The summed E-state index contributed by atoms with van der Waals surface area (Å²) in [5, 5.41) is 3.97. The number of hydrogen-bond donors (Lipinski definition) is 0. The van der Waals surface area contributed by atoms with E-state index in [2.05, 4.69) is 22.3 Å². The van der Waals surface area contributed by atoms with Crippen molar-refractivity contribution in [2.75, 3.05) is 12.8 Å². The Bertz CT molecular complexity index is 806. The summed E-state index contributed by atoms with van der Waals surface area (Å²) in [6.45, 7) is 0.310. The number of aromatic nitrogens is 2. The molecule has 0 atom stereocenters. The van der Waals surface area contributed by atoms with Gasteiger partial charge < -0.3 is 9.42 Å². The Morgan fingerprint density at radius 3 is 2.48 bits per heavy atom. The number of hydrogen-bond acceptors (Lipinski definition) is 5. The Labute approximate surface area is 151 Å². The number of thioether (sulfide) groups is 1. The maximum absolute atomic E-state index is 12.2. The third kappa shape index (κ3) is 4.93. The lowest BCUT2D eigenvalue weighted by molar-refractivity contribution is -0.127. The fourth-order valence-electron chi connectivity index (χ4n) is 2.26. The average Bonchev–Trinajstić information content (AvgIpc) is 3.12. The van der Waals surface area contributed by atoms with Crippen LogP contribution in [0, 0.1) is 0 Å². The normalized spacial score (nSPS) is 10.6. The molecule has 0 bridgehead atoms. The SMILES string of the molecule is CN(Cc1nc(-c2ccccc2)no1)C(=O)CSCc1ccccc1. The zero-order valence-corrected chi connectivity index (χ0v) is 14.8. The summed E-state index contributed by atoms with van der Waals surface area (Å²) in [6.07, 6.45) is 0. The van der Waals surface area contributed by atoms with Crippen molar-refractivity contribution in [3.05, 3.63) is 72.1 Å². The molecule has 0 radical (unpaired) electrons. The fourth-order valence-corrected chi connectivity index (χ4v) is 3.18. The van der Waals surface area contributed by atoms with Crippen molar-refractivity contribution in [2.45, 2.75) is 12.3 Å². The molecule has 0 fully saturated rings. The Kier molecular flexibility index (Phi) is 5.85. The van der Waals surface area contributed by atoms with Crippen molar-refractivity contribution >= 4 is 17.7 Å². The number of carbonyl (C=O) groups is 1. The summed E-state index contributed by atoms with van der Waals surface area (Å²) in [4.78, 5) is 18.2. The van der Waals surface area contributed by atoms with Crippen LogP contribution in [-0.4, -0.2) is 33.7 Å². The minimum Gasteiger partial charge on any atom is -0.337 e. The topological polar surface area (TPSA) is 59.2 Å². The summed E-state index contributed by atoms with van der Waals surface area (Å²) in [5.74, 6) is 2.25. The second-order valence-electron chi connectivity index (χ2n) is 5.61. The van der Waals surface area contributed by atoms with E-state index >= 15 is 0 Å². The molecular formula is C19H19N3O2S. The number of amides is 1. The van der Waals surface area contributed by atoms with Gasteiger partial charge in [-0.2, -0.15) is 4.98 Å². The molecule has 0 unspecified atom stereocenters. The van der Waals surface area contributed by atoms with Crippen LogP contribution in [0.15, 0.2) is 65.2 Å². The van der Waals surface area contributed by atoms with Crippen LogP contribution in [0.25, 0.3) is 11.4 Å². The van der Waals surface area contributed by atoms with Crippen molar-refractivity contribution in [1.82, 2.24) is 15.0 Å². The second-order valence-corrected chi connectivity index (χ2v) is 6.59. The molecule has 0 aliphatic heterocycles. The molecule has 6 heteroatoms. The maximum Gasteiger partial charge on any atom is 0.246 e. The molecule has 0 aliphatic carbocycles. The van der Waals surface area contributed by atoms with E-state index in [1.54, 1.807) is 23.7 Å². The maximum atomic E-state index is 12.2. The summed E-state index contributed by atoms with van der Waals surface area (Å²) in [6, 6.07) is 19.7. The van der Waals surface area contributed by atoms with Crippen LogP contribution in [0.2, 0.25) is 0 Å². The zero-order chi connectivity index (χ0) is 17.5. The Hall–Kier alpha value is -2.60. The quantitative estimate of drug-likeness (QED) is 0.649. The Morgan fingerprint density at radius 2 is 1.76 bits per heavy atom. The first-order chi connectivity index (χ1) is 12.2. The van der Waals surface area contributed by atoms with Crippen molar-refractivity contribution < 1.29 is 9.32 Å². The molecule has 1 amide bonds. The predicted octanol–water partition coefficient (Wildman–Crippen LogP) is 3.63. The molecule has 25 heavy (non-hydrogen) atoms. The lowest BCUT2D eigenvalue weighted by atomic mass is 10.2. The molecular weight excluding hydrogens is 334 g/mol. The molecule has 0 N–H and O–H groups in total. The number of nitrogens with zero attached hydrogens (tertiary/aromatic N) is 3. The van der Waals surface area contributed by atoms with Crippen LogP contribution < -0.4 is 0 Å². The molecule has 0 saturated heterocycles. The molecule has 5 nitrogen and oxygen atoms in total. The van der Waals surface area contributed by atoms with Crippen LogP contribution in [0.5, 0.6) is 0 Å². The highest BCUT2D eigenvalue weighted by Crippen LogP contribution is 2.16. The van der Waals surface area contributed by atoms with E-state index in [-0.39, 0.29) is 5.91 Å². The molecule has 0 spiro atoms. The Balaban J connectivity index is 1.49. The largest absolute Gasteiger partial charge is 0.337 e. The molecule has 2 aromatic carbocycles. The van der Waals surface area contributed by atoms with Crippen molar-refractivity contribution in [3.8, 4) is 11.4 Å². The highest BCUT2D eigenvalue weighted by molar-refractivity contribution is 7.99. The van der Waals surface area contributed by atoms with Gasteiger partial charge in [0, 0.05) is 18.4 Å². The zero-order valence-electron chi connectivity index (χ0n) is 14.0. The predicted molar refractivity (Wildman–Crippen MR) is 98.8 cm³/mol. The van der Waals surface area contributed by atoms with Gasteiger partial charge in [0.2, 0.25) is 17.6 Å². The van der Waals surface area contributed by atoms with Crippen LogP contribution in [0.1, 0.15) is 11.5 Å². The van der Waals surface area contributed by atoms with E-state index in [0.29, 0.717) is 24.0 Å². The summed E-state index contributed by atoms with van der Waals surface area (Å²) in [7, 11) is 1.75. The first-order valence-corrected chi connectivity index (χ1v) is 9.11. The standard InChI is InChI=1S/C19H19N3O2S/c1-22(18(23)14-25-13-15-8-4-2-5-9-15)12-17-20-19(21-24-17)16-10-6-3-7-11-16/h2-11H,12-14H2,1H3. The van der Waals surface area contributed by atoms with E-state index in [1.807, 2.05) is 48.5 Å². The van der Waals surface area contributed by atoms with Gasteiger partial charge >= 0.3 is 0 Å². The summed E-state index contributed by atoms with van der Waals surface area (Å²) in [5.41, 5.74) is 2.11. The Morgan fingerprint density at radius 1 is 1.08 bits per heavy atom. The minimum absolute atomic E-state index is 0.0420. The third-order valence-corrected chi connectivity index (χ3v) is 4.62. The van der Waals surface area contributed by atoms with Gasteiger partial charge in [-0.3, -0.25) is 4.79 Å². The molecule has 0 aliphatic rings. The molecule has 0 saturated carbocycles. The third-order valence-electron chi connectivity index (χ3n) is 3.64. The van der Waals surface area contributed by atoms with Crippen LogP contribution in [-0.2, 0) is 17.1 Å². The molecule has 1 aromatic heterocycles. The fraction of sp³-hybridized carbons (Fsp3) is 0.211. The second kappa shape index (κ2) is 8.48. The van der Waals surface area contributed by atoms with E-state index in [9.17, 15) is 4.79 Å². The van der Waals surface area contributed by atoms with E-state index in [1.165, 1.54) is 5.56 Å². The van der Waals surface area contributed by atoms with Gasteiger partial charge in [-0.25, -0.2) is 0 Å². The van der Waals surface area contributed by atoms with Crippen molar-refractivity contribution in [3.63, 3.8) is 0 Å². The average molecular weight is 353 g/mol. The smallest absolute Gasteiger partial charge is 0.246 e. The first-order valence-electron chi connectivity index (χ1n) is 7.96. The highest BCUT2D eigenvalue weighted by atomic mass is 32.2. The first kappa shape index (κ1) is 17.2. The van der Waals surface area contributed by atoms with Gasteiger partial charge in [-0.15, -0.1) is 11.8 Å². The summed E-state index contributed by atoms with van der Waals surface area (Å²) >= 11 is 1.60. The van der Waals surface area contributed by atoms with Gasteiger partial charge in [0.25, 0.3) is 0 Å². The van der Waals surface area contributed by atoms with Crippen LogP contribution >= 0.6 is 11.8 Å². The van der Waals surface area contributed by atoms with Gasteiger partial charge in [0.05, 0.1) is 12.3 Å². The molecule has 3 aromatic rings. The van der Waals surface area contributed by atoms with E-state index in [0.717, 1.165) is 11.3 Å². The van der Waals surface area contributed by atoms with Gasteiger partial charge in [-0.05, 0) is 5.56 Å². The van der Waals surface area contributed by atoms with Gasteiger partial charge in [0.1, 0.15) is 0 Å². The van der Waals surface area contributed by atoms with E-state index in [4.69, 9.17) is 4.52 Å². The lowest BCUT2D eigenvalue weighted by Crippen LogP contribution is -2.28. The molecule has 3 rings (SSSR count). The van der Waals surface area contributed by atoms with Crippen molar-refractivity contribution in [2.24, 2.45) is 0 Å². The number of rotatable bonds is 7. The monoisotopic (exact) mass is 353 g/mol. The van der Waals surface area contributed by atoms with E-state index < -0.39 is 0 Å². The summed E-state index contributed by atoms with van der Waals surface area (Å²) < 4.78 is 5.25. The van der Waals surface area contributed by atoms with Crippen LogP contribution in [0.4, 0.5) is 0 Å². The van der Waals surface area contributed by atoms with Gasteiger partial charge in [0.15, 0.2) is 0 Å².